The first kappa shape index (κ1) is 19.5. The van der Waals surface area contributed by atoms with Crippen LogP contribution in [0.5, 0.6) is 0 Å². The number of amides is 1. The van der Waals surface area contributed by atoms with E-state index in [-0.39, 0.29) is 18.0 Å². The Morgan fingerprint density at radius 1 is 1.16 bits per heavy atom. The molecule has 3 aliphatic rings. The van der Waals surface area contributed by atoms with E-state index in [2.05, 4.69) is 26.3 Å². The van der Waals surface area contributed by atoms with Gasteiger partial charge in [0.15, 0.2) is 5.82 Å². The van der Waals surface area contributed by atoms with E-state index in [1.807, 2.05) is 52.9 Å². The van der Waals surface area contributed by atoms with E-state index in [1.54, 1.807) is 6.20 Å². The molecule has 3 fully saturated rings. The fourth-order valence-electron chi connectivity index (χ4n) is 5.23. The Labute approximate surface area is 185 Å². The summed E-state index contributed by atoms with van der Waals surface area (Å²) >= 11 is 0. The second kappa shape index (κ2) is 7.15. The molecular formula is C23H26FN7O. The first-order valence-electron chi connectivity index (χ1n) is 11.2. The van der Waals surface area contributed by atoms with Gasteiger partial charge < -0.3 is 14.7 Å². The average molecular weight is 436 g/mol. The van der Waals surface area contributed by atoms with E-state index in [9.17, 15) is 9.18 Å². The zero-order chi connectivity index (χ0) is 22.0. The van der Waals surface area contributed by atoms with Crippen molar-refractivity contribution in [3.8, 4) is 11.1 Å². The van der Waals surface area contributed by atoms with Crippen LogP contribution in [0.15, 0.2) is 36.8 Å². The maximum atomic E-state index is 13.5. The van der Waals surface area contributed by atoms with Crippen LogP contribution in [0.1, 0.15) is 19.3 Å². The largest absolute Gasteiger partial charge is 0.366 e. The smallest absolute Gasteiger partial charge is 0.229 e. The molecule has 0 radical (unpaired) electrons. The molecule has 3 aromatic rings. The molecule has 5 heterocycles. The van der Waals surface area contributed by atoms with E-state index in [1.165, 1.54) is 0 Å². The van der Waals surface area contributed by atoms with Gasteiger partial charge in [0, 0.05) is 62.8 Å². The van der Waals surface area contributed by atoms with Crippen LogP contribution in [0.3, 0.4) is 0 Å². The van der Waals surface area contributed by atoms with Gasteiger partial charge >= 0.3 is 0 Å². The van der Waals surface area contributed by atoms with Gasteiger partial charge in [-0.15, -0.1) is 5.10 Å². The van der Waals surface area contributed by atoms with Crippen LogP contribution in [0.2, 0.25) is 0 Å². The lowest BCUT2D eigenvalue weighted by molar-refractivity contribution is -0.136. The molecule has 0 aromatic carbocycles. The Hall–Kier alpha value is -3.23. The summed E-state index contributed by atoms with van der Waals surface area (Å²) < 4.78 is 15.4. The molecule has 32 heavy (non-hydrogen) atoms. The summed E-state index contributed by atoms with van der Waals surface area (Å²) in [6.07, 6.45) is 7.03. The molecule has 2 unspecified atom stereocenters. The molecule has 166 valence electrons. The van der Waals surface area contributed by atoms with Crippen molar-refractivity contribution in [1.29, 1.82) is 0 Å². The zero-order valence-corrected chi connectivity index (χ0v) is 18.2. The van der Waals surface area contributed by atoms with Crippen LogP contribution in [0.4, 0.5) is 15.9 Å². The number of nitrogens with zero attached hydrogens (tertiary/aromatic N) is 7. The number of hydrogen-bond donors (Lipinski definition) is 0. The third kappa shape index (κ3) is 3.10. The summed E-state index contributed by atoms with van der Waals surface area (Å²) in [4.78, 5) is 19.0. The highest BCUT2D eigenvalue weighted by Crippen LogP contribution is 2.41. The van der Waals surface area contributed by atoms with E-state index < -0.39 is 12.1 Å². The Bertz CT molecular complexity index is 1180. The second-order valence-electron chi connectivity index (χ2n) is 9.37. The summed E-state index contributed by atoms with van der Waals surface area (Å²) in [5.74, 6) is 0.428. The van der Waals surface area contributed by atoms with Crippen molar-refractivity contribution in [2.75, 3.05) is 37.0 Å². The van der Waals surface area contributed by atoms with Gasteiger partial charge in [-0.2, -0.15) is 10.2 Å². The minimum Gasteiger partial charge on any atom is -0.366 e. The Morgan fingerprint density at radius 2 is 1.91 bits per heavy atom. The second-order valence-corrected chi connectivity index (χ2v) is 9.37. The minimum atomic E-state index is -0.936. The molecule has 1 amide bonds. The molecule has 0 spiro atoms. The highest BCUT2D eigenvalue weighted by atomic mass is 19.1. The van der Waals surface area contributed by atoms with Crippen LogP contribution in [-0.2, 0) is 4.79 Å². The molecule has 6 rings (SSSR count). The molecule has 3 aromatic heterocycles. The Balaban J connectivity index is 1.30. The van der Waals surface area contributed by atoms with Gasteiger partial charge in [0.05, 0.1) is 23.3 Å². The summed E-state index contributed by atoms with van der Waals surface area (Å²) in [5, 5.41) is 12.8. The first-order chi connectivity index (χ1) is 15.5. The fourth-order valence-corrected chi connectivity index (χ4v) is 5.23. The SMILES string of the molecule is CN(C)c1cc(-c2cc3c(N4CC5CCC(C4)N5C(=O)[C@@H]4C[C@H]4F)ccnn3c2)cnn1. The predicted octanol–water partition coefficient (Wildman–Crippen LogP) is 2.39. The average Bonchev–Trinajstić information content (AvgIpc) is 3.26. The highest BCUT2D eigenvalue weighted by molar-refractivity contribution is 5.84. The van der Waals surface area contributed by atoms with Crippen LogP contribution in [-0.4, -0.2) is 76.1 Å². The molecule has 8 nitrogen and oxygen atoms in total. The number of piperazine rings is 1. The summed E-state index contributed by atoms with van der Waals surface area (Å²) in [6, 6.07) is 6.51. The molecule has 4 atom stereocenters. The van der Waals surface area contributed by atoms with Gasteiger partial charge in [-0.3, -0.25) is 4.79 Å². The van der Waals surface area contributed by atoms with Crippen molar-refractivity contribution in [2.45, 2.75) is 37.5 Å². The van der Waals surface area contributed by atoms with Gasteiger partial charge in [0.25, 0.3) is 0 Å². The number of halogens is 1. The molecule has 9 heteroatoms. The molecule has 2 bridgehead atoms. The zero-order valence-electron chi connectivity index (χ0n) is 18.2. The quantitative estimate of drug-likeness (QED) is 0.627. The van der Waals surface area contributed by atoms with Crippen LogP contribution in [0, 0.1) is 5.92 Å². The van der Waals surface area contributed by atoms with Crippen molar-refractivity contribution in [3.05, 3.63) is 36.8 Å². The van der Waals surface area contributed by atoms with E-state index in [0.717, 1.165) is 54.1 Å². The number of hydrogen-bond acceptors (Lipinski definition) is 6. The van der Waals surface area contributed by atoms with Gasteiger partial charge in [-0.25, -0.2) is 8.91 Å². The summed E-state index contributed by atoms with van der Waals surface area (Å²) in [5.41, 5.74) is 4.15. The molecule has 1 aliphatic carbocycles. The fraction of sp³-hybridized carbons (Fsp3) is 0.478. The van der Waals surface area contributed by atoms with Gasteiger partial charge in [-0.05, 0) is 37.5 Å². The van der Waals surface area contributed by atoms with E-state index in [4.69, 9.17) is 0 Å². The van der Waals surface area contributed by atoms with Crippen LogP contribution < -0.4 is 9.80 Å². The number of anilines is 2. The normalized spacial score (nSPS) is 26.6. The molecule has 0 N–H and O–H groups in total. The van der Waals surface area contributed by atoms with Crippen molar-refractivity contribution in [2.24, 2.45) is 5.92 Å². The number of carbonyl (C=O) groups excluding carboxylic acids is 1. The van der Waals surface area contributed by atoms with Gasteiger partial charge in [0.2, 0.25) is 5.91 Å². The molecular weight excluding hydrogens is 409 g/mol. The van der Waals surface area contributed by atoms with Crippen molar-refractivity contribution < 1.29 is 9.18 Å². The lowest BCUT2D eigenvalue weighted by Gasteiger charge is -2.42. The number of rotatable bonds is 4. The number of carbonyl (C=O) groups is 1. The monoisotopic (exact) mass is 435 g/mol. The standard InChI is InChI=1S/C23H26FN7O/c1-28(2)22-8-14(10-25-27-22)15-7-21-20(5-6-26-30(21)11-15)29-12-16-3-4-17(13-29)31(16)23(32)18-9-19(18)24/h5-8,10-11,16-19H,3-4,9,12-13H2,1-2H3/t16?,17?,18-,19-/m1/s1. The summed E-state index contributed by atoms with van der Waals surface area (Å²) in [6.45, 7) is 1.54. The topological polar surface area (TPSA) is 69.9 Å². The number of aromatic nitrogens is 4. The highest BCUT2D eigenvalue weighted by Gasteiger charge is 2.51. The minimum absolute atomic E-state index is 0.0244. The predicted molar refractivity (Wildman–Crippen MR) is 119 cm³/mol. The van der Waals surface area contributed by atoms with Crippen LogP contribution in [0.25, 0.3) is 16.6 Å². The van der Waals surface area contributed by atoms with Gasteiger partial charge in [0.1, 0.15) is 6.17 Å². The first-order valence-corrected chi connectivity index (χ1v) is 11.2. The number of alkyl halides is 1. The molecule has 2 saturated heterocycles. The Morgan fingerprint density at radius 3 is 2.59 bits per heavy atom. The van der Waals surface area contributed by atoms with E-state index >= 15 is 0 Å². The lowest BCUT2D eigenvalue weighted by Crippen LogP contribution is -2.56. The van der Waals surface area contributed by atoms with Crippen molar-refractivity contribution in [3.63, 3.8) is 0 Å². The van der Waals surface area contributed by atoms with Crippen molar-refractivity contribution >= 4 is 22.9 Å². The molecule has 2 aliphatic heterocycles. The van der Waals surface area contributed by atoms with Crippen LogP contribution >= 0.6 is 0 Å². The van der Waals surface area contributed by atoms with Gasteiger partial charge in [-0.1, -0.05) is 0 Å². The third-order valence-corrected chi connectivity index (χ3v) is 7.03. The maximum Gasteiger partial charge on any atom is 0.229 e. The summed E-state index contributed by atoms with van der Waals surface area (Å²) in [7, 11) is 3.89. The lowest BCUT2D eigenvalue weighted by atomic mass is 10.1. The number of fused-ring (bicyclic) bond motifs is 3. The Kier molecular flexibility index (Phi) is 4.34. The molecule has 1 saturated carbocycles. The third-order valence-electron chi connectivity index (χ3n) is 7.03. The maximum absolute atomic E-state index is 13.5. The van der Waals surface area contributed by atoms with Crippen molar-refractivity contribution in [1.82, 2.24) is 24.7 Å². The van der Waals surface area contributed by atoms with E-state index in [0.29, 0.717) is 6.42 Å².